The maximum atomic E-state index is 5.86. The van der Waals surface area contributed by atoms with Crippen LogP contribution in [0, 0.1) is 5.92 Å². The lowest BCUT2D eigenvalue weighted by Gasteiger charge is -2.21. The molecule has 0 saturated heterocycles. The molecule has 0 spiro atoms. The molecular formula is C17H27BrO. The lowest BCUT2D eigenvalue weighted by molar-refractivity contribution is 0.313. The Morgan fingerprint density at radius 3 is 2.37 bits per heavy atom. The topological polar surface area (TPSA) is 9.23 Å². The molecule has 0 aromatic heterocycles. The van der Waals surface area contributed by atoms with E-state index in [1.165, 1.54) is 11.1 Å². The van der Waals surface area contributed by atoms with Crippen LogP contribution in [0.1, 0.15) is 64.0 Å². The third-order valence-corrected chi connectivity index (χ3v) is 4.76. The lowest BCUT2D eigenvalue weighted by Crippen LogP contribution is -2.09. The molecule has 2 unspecified atom stereocenters. The average molecular weight is 327 g/mol. The molecule has 19 heavy (non-hydrogen) atoms. The molecule has 0 bridgehead atoms. The molecule has 0 aliphatic rings. The van der Waals surface area contributed by atoms with Crippen molar-refractivity contribution in [3.05, 3.63) is 29.3 Å². The maximum Gasteiger partial charge on any atom is 0.122 e. The summed E-state index contributed by atoms with van der Waals surface area (Å²) in [5, 5.41) is 1.04. The normalized spacial score (nSPS) is 14.5. The maximum absolute atomic E-state index is 5.86. The van der Waals surface area contributed by atoms with Crippen molar-refractivity contribution in [1.82, 2.24) is 0 Å². The standard InChI is InChI=1S/C17H27BrO/c1-6-9-19-17-8-7-15(10-16(17)12(2)3)14(5)13(4)11-18/h7-8,10,12-14H,6,9,11H2,1-5H3. The molecule has 1 rings (SSSR count). The van der Waals surface area contributed by atoms with Crippen molar-refractivity contribution >= 4 is 15.9 Å². The predicted molar refractivity (Wildman–Crippen MR) is 87.7 cm³/mol. The highest BCUT2D eigenvalue weighted by Crippen LogP contribution is 2.33. The molecule has 0 amide bonds. The van der Waals surface area contributed by atoms with Crippen molar-refractivity contribution in [2.45, 2.75) is 52.9 Å². The van der Waals surface area contributed by atoms with Crippen LogP contribution < -0.4 is 4.74 Å². The summed E-state index contributed by atoms with van der Waals surface area (Å²) in [4.78, 5) is 0. The Kier molecular flexibility index (Phi) is 6.92. The van der Waals surface area contributed by atoms with Gasteiger partial charge in [-0.3, -0.25) is 0 Å². The fourth-order valence-electron chi connectivity index (χ4n) is 2.11. The van der Waals surface area contributed by atoms with E-state index in [1.54, 1.807) is 0 Å². The van der Waals surface area contributed by atoms with Gasteiger partial charge in [0.05, 0.1) is 6.61 Å². The van der Waals surface area contributed by atoms with Gasteiger partial charge in [0.2, 0.25) is 0 Å². The molecule has 1 aromatic rings. The van der Waals surface area contributed by atoms with Gasteiger partial charge in [0.25, 0.3) is 0 Å². The van der Waals surface area contributed by atoms with E-state index in [0.717, 1.165) is 24.1 Å². The highest BCUT2D eigenvalue weighted by atomic mass is 79.9. The van der Waals surface area contributed by atoms with E-state index < -0.39 is 0 Å². The first-order chi connectivity index (χ1) is 9.01. The Morgan fingerprint density at radius 2 is 1.84 bits per heavy atom. The molecule has 1 aromatic carbocycles. The molecule has 2 atom stereocenters. The lowest BCUT2D eigenvalue weighted by atomic mass is 9.87. The molecule has 1 nitrogen and oxygen atoms in total. The summed E-state index contributed by atoms with van der Waals surface area (Å²) >= 11 is 3.58. The smallest absolute Gasteiger partial charge is 0.122 e. The zero-order valence-corrected chi connectivity index (χ0v) is 14.5. The monoisotopic (exact) mass is 326 g/mol. The first kappa shape index (κ1) is 16.6. The number of benzene rings is 1. The number of hydrogen-bond acceptors (Lipinski definition) is 1. The average Bonchev–Trinajstić information content (AvgIpc) is 2.43. The van der Waals surface area contributed by atoms with E-state index in [4.69, 9.17) is 4.74 Å². The summed E-state index contributed by atoms with van der Waals surface area (Å²) in [5.41, 5.74) is 2.75. The largest absolute Gasteiger partial charge is 0.493 e. The molecule has 0 radical (unpaired) electrons. The zero-order chi connectivity index (χ0) is 14.4. The summed E-state index contributed by atoms with van der Waals surface area (Å²) in [6.45, 7) is 12.0. The number of alkyl halides is 1. The van der Waals surface area contributed by atoms with E-state index in [1.807, 2.05) is 0 Å². The van der Waals surface area contributed by atoms with Crippen LogP contribution >= 0.6 is 15.9 Å². The van der Waals surface area contributed by atoms with Crippen LogP contribution in [-0.2, 0) is 0 Å². The van der Waals surface area contributed by atoms with Crippen LogP contribution in [-0.4, -0.2) is 11.9 Å². The quantitative estimate of drug-likeness (QED) is 0.581. The summed E-state index contributed by atoms with van der Waals surface area (Å²) in [6.07, 6.45) is 1.05. The second-order valence-electron chi connectivity index (χ2n) is 5.72. The number of ether oxygens (including phenoxy) is 1. The van der Waals surface area contributed by atoms with Crippen molar-refractivity contribution in [2.75, 3.05) is 11.9 Å². The predicted octanol–water partition coefficient (Wildman–Crippen LogP) is 5.73. The van der Waals surface area contributed by atoms with Crippen molar-refractivity contribution in [3.63, 3.8) is 0 Å². The van der Waals surface area contributed by atoms with E-state index in [0.29, 0.717) is 17.8 Å². The van der Waals surface area contributed by atoms with Crippen LogP contribution in [0.5, 0.6) is 5.75 Å². The van der Waals surface area contributed by atoms with Gasteiger partial charge in [0, 0.05) is 5.33 Å². The molecule has 0 aliphatic heterocycles. The third kappa shape index (κ3) is 4.52. The van der Waals surface area contributed by atoms with E-state index in [-0.39, 0.29) is 0 Å². The summed E-state index contributed by atoms with van der Waals surface area (Å²) in [7, 11) is 0. The van der Waals surface area contributed by atoms with Crippen LogP contribution in [0.2, 0.25) is 0 Å². The van der Waals surface area contributed by atoms with Crippen LogP contribution in [0.25, 0.3) is 0 Å². The fourth-order valence-corrected chi connectivity index (χ4v) is 2.67. The summed E-state index contributed by atoms with van der Waals surface area (Å²) in [6, 6.07) is 6.71. The Labute approximate surface area is 126 Å². The second kappa shape index (κ2) is 7.94. The molecule has 0 aliphatic carbocycles. The van der Waals surface area contributed by atoms with Crippen molar-refractivity contribution in [2.24, 2.45) is 5.92 Å². The molecular weight excluding hydrogens is 300 g/mol. The summed E-state index contributed by atoms with van der Waals surface area (Å²) in [5.74, 6) is 2.76. The molecule has 108 valence electrons. The van der Waals surface area contributed by atoms with Crippen LogP contribution in [0.15, 0.2) is 18.2 Å². The van der Waals surface area contributed by atoms with Gasteiger partial charge in [-0.2, -0.15) is 0 Å². The van der Waals surface area contributed by atoms with Gasteiger partial charge < -0.3 is 4.74 Å². The molecule has 0 fully saturated rings. The minimum Gasteiger partial charge on any atom is -0.493 e. The van der Waals surface area contributed by atoms with E-state index >= 15 is 0 Å². The van der Waals surface area contributed by atoms with Crippen LogP contribution in [0.3, 0.4) is 0 Å². The van der Waals surface area contributed by atoms with Gasteiger partial charge in [0.1, 0.15) is 5.75 Å². The third-order valence-electron chi connectivity index (χ3n) is 3.74. The number of hydrogen-bond donors (Lipinski definition) is 0. The first-order valence-electron chi connectivity index (χ1n) is 7.33. The first-order valence-corrected chi connectivity index (χ1v) is 8.46. The molecule has 0 saturated carbocycles. The van der Waals surface area contributed by atoms with Gasteiger partial charge in [-0.05, 0) is 41.4 Å². The van der Waals surface area contributed by atoms with Gasteiger partial charge in [0.15, 0.2) is 0 Å². The summed E-state index contributed by atoms with van der Waals surface area (Å²) < 4.78 is 5.86. The fraction of sp³-hybridized carbons (Fsp3) is 0.647. The molecule has 0 N–H and O–H groups in total. The number of rotatable bonds is 7. The Morgan fingerprint density at radius 1 is 1.16 bits per heavy atom. The molecule has 0 heterocycles. The van der Waals surface area contributed by atoms with E-state index in [9.17, 15) is 0 Å². The minimum atomic E-state index is 0.498. The zero-order valence-electron chi connectivity index (χ0n) is 12.9. The van der Waals surface area contributed by atoms with Crippen molar-refractivity contribution in [1.29, 1.82) is 0 Å². The minimum absolute atomic E-state index is 0.498. The highest BCUT2D eigenvalue weighted by Gasteiger charge is 2.16. The SMILES string of the molecule is CCCOc1ccc(C(C)C(C)CBr)cc1C(C)C. The van der Waals surface area contributed by atoms with Gasteiger partial charge in [-0.1, -0.05) is 62.7 Å². The van der Waals surface area contributed by atoms with E-state index in [2.05, 4.69) is 68.7 Å². The number of halogens is 1. The van der Waals surface area contributed by atoms with Crippen molar-refractivity contribution < 1.29 is 4.74 Å². The second-order valence-corrected chi connectivity index (χ2v) is 6.37. The van der Waals surface area contributed by atoms with Gasteiger partial charge in [-0.15, -0.1) is 0 Å². The van der Waals surface area contributed by atoms with Gasteiger partial charge >= 0.3 is 0 Å². The highest BCUT2D eigenvalue weighted by molar-refractivity contribution is 9.09. The van der Waals surface area contributed by atoms with Crippen molar-refractivity contribution in [3.8, 4) is 5.75 Å². The van der Waals surface area contributed by atoms with Gasteiger partial charge in [-0.25, -0.2) is 0 Å². The van der Waals surface area contributed by atoms with Crippen LogP contribution in [0.4, 0.5) is 0 Å². The molecule has 2 heteroatoms. The Balaban J connectivity index is 3.01. The Bertz CT molecular complexity index is 387. The Hall–Kier alpha value is -0.500.